The molecule has 7 nitrogen and oxygen atoms in total. The summed E-state index contributed by atoms with van der Waals surface area (Å²) in [6, 6.07) is 13.3. The van der Waals surface area contributed by atoms with Crippen LogP contribution < -0.4 is 10.1 Å². The van der Waals surface area contributed by atoms with Gasteiger partial charge in [0, 0.05) is 35.3 Å². The number of benzene rings is 2. The van der Waals surface area contributed by atoms with E-state index in [1.165, 1.54) is 48.3 Å². The van der Waals surface area contributed by atoms with Gasteiger partial charge in [-0.1, -0.05) is 12.1 Å². The van der Waals surface area contributed by atoms with E-state index < -0.39 is 16.6 Å². The smallest absolute Gasteiger partial charge is 0.282 e. The zero-order chi connectivity index (χ0) is 20.8. The van der Waals surface area contributed by atoms with Crippen LogP contribution in [0.3, 0.4) is 0 Å². The summed E-state index contributed by atoms with van der Waals surface area (Å²) >= 11 is 1.38. The quantitative estimate of drug-likeness (QED) is 0.346. The molecule has 3 rings (SSSR count). The number of amides is 1. The van der Waals surface area contributed by atoms with Gasteiger partial charge in [-0.25, -0.2) is 9.37 Å². The number of hydrogen-bond donors (Lipinski definition) is 1. The zero-order valence-corrected chi connectivity index (χ0v) is 16.1. The number of pyridine rings is 1. The minimum Gasteiger partial charge on any atom is -0.439 e. The van der Waals surface area contributed by atoms with Crippen molar-refractivity contribution in [3.63, 3.8) is 0 Å². The maximum Gasteiger partial charge on any atom is 0.282 e. The van der Waals surface area contributed by atoms with Crippen LogP contribution in [0.15, 0.2) is 65.7 Å². The summed E-state index contributed by atoms with van der Waals surface area (Å²) in [7, 11) is 0. The fourth-order valence-corrected chi connectivity index (χ4v) is 2.99. The Morgan fingerprint density at radius 1 is 1.24 bits per heavy atom. The second-order valence-corrected chi connectivity index (χ2v) is 6.73. The summed E-state index contributed by atoms with van der Waals surface area (Å²) < 4.78 is 19.0. The second kappa shape index (κ2) is 9.16. The summed E-state index contributed by atoms with van der Waals surface area (Å²) in [4.78, 5) is 28.1. The molecule has 0 saturated carbocycles. The van der Waals surface area contributed by atoms with Crippen LogP contribution in [-0.4, -0.2) is 22.1 Å². The molecule has 29 heavy (non-hydrogen) atoms. The number of hydrogen-bond acceptors (Lipinski definition) is 6. The molecule has 1 N–H and O–H groups in total. The van der Waals surface area contributed by atoms with Crippen molar-refractivity contribution in [2.24, 2.45) is 0 Å². The van der Waals surface area contributed by atoms with E-state index in [0.29, 0.717) is 5.56 Å². The normalized spacial score (nSPS) is 10.4. The van der Waals surface area contributed by atoms with Crippen LogP contribution in [0.5, 0.6) is 11.6 Å². The molecule has 148 valence electrons. The highest BCUT2D eigenvalue weighted by atomic mass is 32.2. The number of nitro benzene ring substituents is 1. The van der Waals surface area contributed by atoms with Crippen molar-refractivity contribution < 1.29 is 18.8 Å². The van der Waals surface area contributed by atoms with Crippen molar-refractivity contribution in [2.45, 2.75) is 11.4 Å². The van der Waals surface area contributed by atoms with Gasteiger partial charge in [0.15, 0.2) is 0 Å². The van der Waals surface area contributed by atoms with Gasteiger partial charge in [-0.05, 0) is 36.6 Å². The number of thioether (sulfide) groups is 1. The Balaban J connectivity index is 1.79. The summed E-state index contributed by atoms with van der Waals surface area (Å²) in [5, 5.41) is 13.9. The average molecular weight is 413 g/mol. The van der Waals surface area contributed by atoms with E-state index in [1.807, 2.05) is 6.26 Å². The van der Waals surface area contributed by atoms with Gasteiger partial charge in [-0.15, -0.1) is 11.8 Å². The maximum absolute atomic E-state index is 13.4. The first kappa shape index (κ1) is 20.3. The maximum atomic E-state index is 13.4. The molecular weight excluding hydrogens is 397 g/mol. The fourth-order valence-electron chi connectivity index (χ4n) is 2.55. The second-order valence-electron chi connectivity index (χ2n) is 5.85. The summed E-state index contributed by atoms with van der Waals surface area (Å²) in [5.74, 6) is -0.576. The molecule has 2 aromatic carbocycles. The van der Waals surface area contributed by atoms with Gasteiger partial charge in [0.2, 0.25) is 5.88 Å². The average Bonchev–Trinajstić information content (AvgIpc) is 2.72. The van der Waals surface area contributed by atoms with Crippen molar-refractivity contribution in [3.05, 3.63) is 87.9 Å². The van der Waals surface area contributed by atoms with E-state index in [9.17, 15) is 19.3 Å². The summed E-state index contributed by atoms with van der Waals surface area (Å²) in [5.41, 5.74) is 0.231. The molecule has 0 aliphatic heterocycles. The number of ether oxygens (including phenoxy) is 1. The number of carbonyl (C=O) groups excluding carboxylic acids is 1. The Kier molecular flexibility index (Phi) is 6.40. The first-order valence-electron chi connectivity index (χ1n) is 8.46. The van der Waals surface area contributed by atoms with Crippen molar-refractivity contribution in [2.75, 3.05) is 6.26 Å². The summed E-state index contributed by atoms with van der Waals surface area (Å²) in [6.07, 6.45) is 3.32. The van der Waals surface area contributed by atoms with E-state index in [2.05, 4.69) is 10.3 Å². The number of carbonyl (C=O) groups is 1. The molecule has 0 atom stereocenters. The van der Waals surface area contributed by atoms with E-state index in [0.717, 1.165) is 4.90 Å². The molecule has 0 unspecified atom stereocenters. The van der Waals surface area contributed by atoms with Crippen LogP contribution in [0.2, 0.25) is 0 Å². The third-order valence-electron chi connectivity index (χ3n) is 3.95. The third-order valence-corrected chi connectivity index (χ3v) is 4.67. The van der Waals surface area contributed by atoms with Gasteiger partial charge in [0.25, 0.3) is 11.6 Å². The van der Waals surface area contributed by atoms with E-state index >= 15 is 0 Å². The lowest BCUT2D eigenvalue weighted by atomic mass is 10.1. The molecule has 0 fully saturated rings. The molecule has 0 aliphatic carbocycles. The fraction of sp³-hybridized carbons (Fsp3) is 0.100. The van der Waals surface area contributed by atoms with Crippen molar-refractivity contribution >= 4 is 23.4 Å². The monoisotopic (exact) mass is 413 g/mol. The Morgan fingerprint density at radius 2 is 2.07 bits per heavy atom. The molecule has 1 amide bonds. The van der Waals surface area contributed by atoms with Crippen LogP contribution in [-0.2, 0) is 6.54 Å². The topological polar surface area (TPSA) is 94.4 Å². The van der Waals surface area contributed by atoms with Gasteiger partial charge in [-0.3, -0.25) is 14.9 Å². The molecule has 0 bridgehead atoms. The Morgan fingerprint density at radius 3 is 2.79 bits per heavy atom. The number of nitro groups is 1. The third kappa shape index (κ3) is 5.08. The number of nitrogens with one attached hydrogen (secondary N) is 1. The Hall–Kier alpha value is -3.46. The van der Waals surface area contributed by atoms with Gasteiger partial charge >= 0.3 is 0 Å². The molecule has 0 aliphatic rings. The molecular formula is C20H16FN3O4S. The van der Waals surface area contributed by atoms with Crippen LogP contribution in [0.1, 0.15) is 15.9 Å². The van der Waals surface area contributed by atoms with E-state index in [1.54, 1.807) is 24.3 Å². The lowest BCUT2D eigenvalue weighted by Gasteiger charge is -2.11. The molecule has 9 heteroatoms. The molecule has 1 aromatic heterocycles. The Bertz CT molecular complexity index is 1060. The predicted molar refractivity (Wildman–Crippen MR) is 107 cm³/mol. The van der Waals surface area contributed by atoms with Crippen LogP contribution >= 0.6 is 11.8 Å². The number of nitrogens with zero attached hydrogens (tertiary/aromatic N) is 2. The SMILES string of the molecule is CSc1ccc([N+](=O)[O-])c(C(=O)NCc2cccnc2Oc2cccc(F)c2)c1. The van der Waals surface area contributed by atoms with Crippen LogP contribution in [0.4, 0.5) is 10.1 Å². The lowest BCUT2D eigenvalue weighted by Crippen LogP contribution is -2.24. The van der Waals surface area contributed by atoms with Crippen molar-refractivity contribution in [1.29, 1.82) is 0 Å². The number of rotatable bonds is 7. The van der Waals surface area contributed by atoms with Crippen LogP contribution in [0, 0.1) is 15.9 Å². The van der Waals surface area contributed by atoms with Crippen molar-refractivity contribution in [1.82, 2.24) is 10.3 Å². The number of aromatic nitrogens is 1. The standard InChI is InChI=1S/C20H16FN3O4S/c1-29-16-7-8-18(24(26)27)17(11-16)19(25)23-12-13-4-3-9-22-20(13)28-15-6-2-5-14(21)10-15/h2-11H,12H2,1H3,(H,23,25). The highest BCUT2D eigenvalue weighted by Crippen LogP contribution is 2.26. The largest absolute Gasteiger partial charge is 0.439 e. The minimum absolute atomic E-state index is 0.0258. The molecule has 0 saturated heterocycles. The molecule has 1 heterocycles. The molecule has 3 aromatic rings. The highest BCUT2D eigenvalue weighted by molar-refractivity contribution is 7.98. The van der Waals surface area contributed by atoms with E-state index in [4.69, 9.17) is 4.74 Å². The zero-order valence-electron chi connectivity index (χ0n) is 15.3. The highest BCUT2D eigenvalue weighted by Gasteiger charge is 2.21. The first-order valence-corrected chi connectivity index (χ1v) is 9.68. The van der Waals surface area contributed by atoms with Gasteiger partial charge in [0.05, 0.1) is 4.92 Å². The van der Waals surface area contributed by atoms with Crippen LogP contribution in [0.25, 0.3) is 0 Å². The number of halogens is 1. The van der Waals surface area contributed by atoms with Gasteiger partial charge in [0.1, 0.15) is 17.1 Å². The molecule has 0 radical (unpaired) electrons. The van der Waals surface area contributed by atoms with Gasteiger partial charge in [-0.2, -0.15) is 0 Å². The van der Waals surface area contributed by atoms with E-state index in [-0.39, 0.29) is 29.4 Å². The van der Waals surface area contributed by atoms with Crippen molar-refractivity contribution in [3.8, 4) is 11.6 Å². The van der Waals surface area contributed by atoms with Gasteiger partial charge < -0.3 is 10.1 Å². The Labute approximate surface area is 170 Å². The summed E-state index contributed by atoms with van der Waals surface area (Å²) in [6.45, 7) is 0.0258. The lowest BCUT2D eigenvalue weighted by molar-refractivity contribution is -0.385. The predicted octanol–water partition coefficient (Wildman–Crippen LogP) is 4.57. The molecule has 0 spiro atoms. The minimum atomic E-state index is -0.596. The first-order chi connectivity index (χ1) is 14.0.